The number of aromatic nitrogens is 4. The van der Waals surface area contributed by atoms with Gasteiger partial charge < -0.3 is 15.2 Å². The van der Waals surface area contributed by atoms with Gasteiger partial charge in [0.25, 0.3) is 0 Å². The van der Waals surface area contributed by atoms with Gasteiger partial charge in [-0.15, -0.1) is 10.2 Å². The van der Waals surface area contributed by atoms with Crippen molar-refractivity contribution in [2.24, 2.45) is 0 Å². The molecule has 2 N–H and O–H groups in total. The van der Waals surface area contributed by atoms with Crippen LogP contribution < -0.4 is 5.32 Å². The molecule has 3 aromatic rings. The summed E-state index contributed by atoms with van der Waals surface area (Å²) in [5.41, 5.74) is 1.75. The fourth-order valence-electron chi connectivity index (χ4n) is 3.48. The fourth-order valence-corrected chi connectivity index (χ4v) is 4.42. The number of likely N-dealkylation sites (N-methyl/N-ethyl adjacent to an activating group) is 1. The summed E-state index contributed by atoms with van der Waals surface area (Å²) < 4.78 is 2.15. The van der Waals surface area contributed by atoms with Gasteiger partial charge in [0.2, 0.25) is 11.8 Å². The van der Waals surface area contributed by atoms with Crippen molar-refractivity contribution in [2.45, 2.75) is 50.4 Å². The highest BCUT2D eigenvalue weighted by molar-refractivity contribution is 7.99. The van der Waals surface area contributed by atoms with Crippen molar-refractivity contribution in [3.8, 4) is 11.4 Å². The van der Waals surface area contributed by atoms with Gasteiger partial charge in [-0.05, 0) is 39.7 Å². The van der Waals surface area contributed by atoms with E-state index in [1.807, 2.05) is 45.2 Å². The van der Waals surface area contributed by atoms with E-state index in [1.165, 1.54) is 16.7 Å². The van der Waals surface area contributed by atoms with E-state index >= 15 is 0 Å². The number of para-hydroxylation sites is 1. The number of amides is 2. The molecule has 0 atom stereocenters. The molecule has 0 aliphatic heterocycles. The number of H-pyrrole nitrogens is 1. The Kier molecular flexibility index (Phi) is 5.79. The zero-order valence-corrected chi connectivity index (χ0v) is 19.1. The van der Waals surface area contributed by atoms with E-state index in [0.29, 0.717) is 6.04 Å². The molecular formula is C22H28N6O2S. The first-order valence-electron chi connectivity index (χ1n) is 10.4. The van der Waals surface area contributed by atoms with Crippen molar-refractivity contribution < 1.29 is 9.59 Å². The molecule has 8 nitrogen and oxygen atoms in total. The van der Waals surface area contributed by atoms with Gasteiger partial charge in [0.15, 0.2) is 11.0 Å². The zero-order valence-electron chi connectivity index (χ0n) is 18.3. The summed E-state index contributed by atoms with van der Waals surface area (Å²) in [7, 11) is 1.65. The van der Waals surface area contributed by atoms with Gasteiger partial charge in [-0.2, -0.15) is 0 Å². The highest BCUT2D eigenvalue weighted by atomic mass is 32.2. The fraction of sp³-hybridized carbons (Fsp3) is 0.455. The summed E-state index contributed by atoms with van der Waals surface area (Å²) in [6, 6.07) is 8.49. The maximum atomic E-state index is 12.6. The molecule has 9 heteroatoms. The smallest absolute Gasteiger partial charge is 0.240 e. The number of nitrogens with one attached hydrogen (secondary N) is 2. The maximum Gasteiger partial charge on any atom is 0.240 e. The SMILES string of the molecule is CN(CC(=O)NC(C)(C)C)C(=O)CSc1nnc(-c2c[nH]c3ccccc23)n1C1CC1. The van der Waals surface area contributed by atoms with Gasteiger partial charge in [0, 0.05) is 41.3 Å². The van der Waals surface area contributed by atoms with Gasteiger partial charge in [-0.1, -0.05) is 30.0 Å². The van der Waals surface area contributed by atoms with Gasteiger partial charge in [-0.25, -0.2) is 0 Å². The molecule has 0 saturated heterocycles. The summed E-state index contributed by atoms with van der Waals surface area (Å²) in [5, 5.41) is 13.6. The second-order valence-electron chi connectivity index (χ2n) is 8.99. The molecule has 0 unspecified atom stereocenters. The van der Waals surface area contributed by atoms with Crippen LogP contribution in [0.5, 0.6) is 0 Å². The predicted octanol–water partition coefficient (Wildman–Crippen LogP) is 3.23. The van der Waals surface area contributed by atoms with Crippen molar-refractivity contribution in [3.05, 3.63) is 30.5 Å². The number of hydrogen-bond acceptors (Lipinski definition) is 5. The Morgan fingerprint density at radius 3 is 2.71 bits per heavy atom. The van der Waals surface area contributed by atoms with Crippen LogP contribution in [-0.2, 0) is 9.59 Å². The van der Waals surface area contributed by atoms with Crippen LogP contribution in [0.1, 0.15) is 39.7 Å². The number of benzene rings is 1. The molecule has 0 bridgehead atoms. The van der Waals surface area contributed by atoms with Crippen molar-refractivity contribution in [3.63, 3.8) is 0 Å². The second-order valence-corrected chi connectivity index (χ2v) is 9.93. The number of carbonyl (C=O) groups is 2. The van der Waals surface area contributed by atoms with Crippen LogP contribution >= 0.6 is 11.8 Å². The molecule has 1 fully saturated rings. The van der Waals surface area contributed by atoms with Gasteiger partial charge in [-0.3, -0.25) is 14.2 Å². The van der Waals surface area contributed by atoms with Crippen LogP contribution in [0, 0.1) is 0 Å². The Morgan fingerprint density at radius 1 is 1.26 bits per heavy atom. The first-order valence-corrected chi connectivity index (χ1v) is 11.4. The molecule has 2 heterocycles. The number of rotatable bonds is 7. The standard InChI is InChI=1S/C22H28N6O2S/c1-22(2,3)24-18(29)12-27(4)19(30)13-31-21-26-25-20(28(21)14-9-10-14)16-11-23-17-8-6-5-7-15(16)17/h5-8,11,14,23H,9-10,12-13H2,1-4H3,(H,24,29). The first kappa shape index (κ1) is 21.4. The molecule has 1 aliphatic rings. The van der Waals surface area contributed by atoms with Crippen LogP contribution in [0.4, 0.5) is 0 Å². The molecule has 0 spiro atoms. The minimum atomic E-state index is -0.324. The average Bonchev–Trinajstić information content (AvgIpc) is 3.30. The largest absolute Gasteiger partial charge is 0.360 e. The van der Waals surface area contributed by atoms with Crippen LogP contribution in [0.2, 0.25) is 0 Å². The van der Waals surface area contributed by atoms with Crippen molar-refractivity contribution in [2.75, 3.05) is 19.3 Å². The average molecular weight is 441 g/mol. The number of hydrogen-bond donors (Lipinski definition) is 2. The van der Waals surface area contributed by atoms with Crippen molar-refractivity contribution in [1.29, 1.82) is 0 Å². The quantitative estimate of drug-likeness (QED) is 0.550. The third-order valence-corrected chi connectivity index (χ3v) is 5.98. The Morgan fingerprint density at radius 2 is 2.00 bits per heavy atom. The maximum absolute atomic E-state index is 12.6. The van der Waals surface area contributed by atoms with E-state index in [4.69, 9.17) is 0 Å². The van der Waals surface area contributed by atoms with Crippen molar-refractivity contribution in [1.82, 2.24) is 30.0 Å². The molecule has 4 rings (SSSR count). The van der Waals surface area contributed by atoms with Crippen molar-refractivity contribution >= 4 is 34.5 Å². The Hall–Kier alpha value is -2.81. The summed E-state index contributed by atoms with van der Waals surface area (Å²) in [6.07, 6.45) is 4.14. The molecule has 0 radical (unpaired) electrons. The molecule has 1 saturated carbocycles. The Balaban J connectivity index is 1.46. The zero-order chi connectivity index (χ0) is 22.2. The molecule has 31 heavy (non-hydrogen) atoms. The van der Waals surface area contributed by atoms with Crippen LogP contribution in [0.25, 0.3) is 22.3 Å². The van der Waals surface area contributed by atoms with E-state index in [1.54, 1.807) is 7.05 Å². The number of aromatic amines is 1. The van der Waals surface area contributed by atoms with E-state index in [2.05, 4.69) is 31.1 Å². The van der Waals surface area contributed by atoms with E-state index < -0.39 is 0 Å². The summed E-state index contributed by atoms with van der Waals surface area (Å²) in [5.74, 6) is 0.745. The topological polar surface area (TPSA) is 95.9 Å². The second kappa shape index (κ2) is 8.37. The number of fused-ring (bicyclic) bond motifs is 1. The van der Waals surface area contributed by atoms with Gasteiger partial charge in [0.05, 0.1) is 12.3 Å². The monoisotopic (exact) mass is 440 g/mol. The lowest BCUT2D eigenvalue weighted by Crippen LogP contribution is -2.46. The van der Waals surface area contributed by atoms with Crippen LogP contribution in [0.15, 0.2) is 35.6 Å². The van der Waals surface area contributed by atoms with Crippen LogP contribution in [0.3, 0.4) is 0 Å². The Labute approximate surface area is 185 Å². The first-order chi connectivity index (χ1) is 14.7. The highest BCUT2D eigenvalue weighted by Crippen LogP contribution is 2.42. The normalized spacial score (nSPS) is 14.1. The highest BCUT2D eigenvalue weighted by Gasteiger charge is 2.31. The minimum Gasteiger partial charge on any atom is -0.360 e. The minimum absolute atomic E-state index is 0.0343. The van der Waals surface area contributed by atoms with E-state index in [0.717, 1.165) is 40.3 Å². The van der Waals surface area contributed by atoms with Gasteiger partial charge >= 0.3 is 0 Å². The lowest BCUT2D eigenvalue weighted by molar-refractivity contribution is -0.133. The van der Waals surface area contributed by atoms with E-state index in [-0.39, 0.29) is 29.7 Å². The third kappa shape index (κ3) is 4.92. The van der Waals surface area contributed by atoms with Gasteiger partial charge in [0.1, 0.15) is 0 Å². The lowest BCUT2D eigenvalue weighted by atomic mass is 10.1. The number of nitrogens with zero attached hydrogens (tertiary/aromatic N) is 4. The summed E-state index contributed by atoms with van der Waals surface area (Å²) in [6.45, 7) is 5.78. The molecule has 1 aromatic carbocycles. The predicted molar refractivity (Wildman–Crippen MR) is 122 cm³/mol. The lowest BCUT2D eigenvalue weighted by Gasteiger charge is -2.23. The summed E-state index contributed by atoms with van der Waals surface area (Å²) in [4.78, 5) is 29.4. The third-order valence-electron chi connectivity index (χ3n) is 5.05. The Bertz CT molecular complexity index is 1110. The molecule has 164 valence electrons. The van der Waals surface area contributed by atoms with E-state index in [9.17, 15) is 9.59 Å². The molecular weight excluding hydrogens is 412 g/mol. The number of carbonyl (C=O) groups excluding carboxylic acids is 2. The molecule has 2 aromatic heterocycles. The number of thioether (sulfide) groups is 1. The molecule has 2 amide bonds. The summed E-state index contributed by atoms with van der Waals surface area (Å²) >= 11 is 1.37. The molecule has 1 aliphatic carbocycles. The van der Waals surface area contributed by atoms with Crippen LogP contribution in [-0.4, -0.2) is 61.3 Å².